The number of ether oxygens (including phenoxy) is 1. The van der Waals surface area contributed by atoms with E-state index in [2.05, 4.69) is 30.5 Å². The third-order valence-electron chi connectivity index (χ3n) is 4.37. The summed E-state index contributed by atoms with van der Waals surface area (Å²) in [4.78, 5) is 13.9. The highest BCUT2D eigenvalue weighted by atomic mass is 32.1. The molecule has 1 aliphatic rings. The molecular weight excluding hydrogens is 408 g/mol. The average molecular weight is 447 g/mol. The van der Waals surface area contributed by atoms with E-state index in [1.54, 1.807) is 24.5 Å². The molecule has 1 heterocycles. The Bertz CT molecular complexity index is 805. The topological polar surface area (TPSA) is 73.6 Å². The van der Waals surface area contributed by atoms with Crippen molar-refractivity contribution in [2.24, 2.45) is 5.92 Å². The van der Waals surface area contributed by atoms with Crippen LogP contribution < -0.4 is 0 Å². The number of aliphatic hydroxyl groups is 1. The number of nitriles is 1. The number of thiophene rings is 1. The van der Waals surface area contributed by atoms with Gasteiger partial charge in [-0.15, -0.1) is 11.3 Å². The molecule has 1 aromatic rings. The second kappa shape index (κ2) is 14.9. The molecule has 0 aliphatic heterocycles. The van der Waals surface area contributed by atoms with E-state index in [0.29, 0.717) is 12.2 Å². The molecule has 5 nitrogen and oxygen atoms in total. The lowest BCUT2D eigenvalue weighted by atomic mass is 9.87. The summed E-state index contributed by atoms with van der Waals surface area (Å²) in [5.41, 5.74) is 3.80. The first-order valence-corrected chi connectivity index (χ1v) is 11.2. The molecular formula is C25H38N2O3S. The number of nitrogens with zero attached hydrogens (tertiary/aromatic N) is 2. The van der Waals surface area contributed by atoms with Gasteiger partial charge in [-0.1, -0.05) is 13.0 Å². The van der Waals surface area contributed by atoms with Gasteiger partial charge >= 0.3 is 0 Å². The van der Waals surface area contributed by atoms with Gasteiger partial charge < -0.3 is 14.7 Å². The second-order valence-electron chi connectivity index (χ2n) is 8.62. The summed E-state index contributed by atoms with van der Waals surface area (Å²) < 4.78 is 4.94. The average Bonchev–Trinajstić information content (AvgIpc) is 3.13. The third kappa shape index (κ3) is 13.1. The molecule has 0 bridgehead atoms. The Morgan fingerprint density at radius 2 is 2.03 bits per heavy atom. The van der Waals surface area contributed by atoms with Crippen LogP contribution in [0.15, 0.2) is 40.3 Å². The van der Waals surface area contributed by atoms with Gasteiger partial charge in [-0.3, -0.25) is 4.79 Å². The first-order valence-electron chi connectivity index (χ1n) is 10.3. The Hall–Kier alpha value is -2.04. The fourth-order valence-electron chi connectivity index (χ4n) is 2.41. The maximum atomic E-state index is 10.6. The van der Waals surface area contributed by atoms with Gasteiger partial charge in [0.15, 0.2) is 6.29 Å². The summed E-state index contributed by atoms with van der Waals surface area (Å²) in [5.74, 6) is 0.465. The molecule has 172 valence electrons. The Labute approximate surface area is 192 Å². The van der Waals surface area contributed by atoms with E-state index >= 15 is 0 Å². The molecule has 6 heteroatoms. The van der Waals surface area contributed by atoms with E-state index in [4.69, 9.17) is 15.1 Å². The predicted molar refractivity (Wildman–Crippen MR) is 131 cm³/mol. The number of methoxy groups -OCH3 is 1. The highest BCUT2D eigenvalue weighted by Gasteiger charge is 2.16. The van der Waals surface area contributed by atoms with E-state index in [0.717, 1.165) is 18.5 Å². The molecule has 0 saturated carbocycles. The van der Waals surface area contributed by atoms with E-state index in [1.165, 1.54) is 16.0 Å². The number of fused-ring (bicyclic) bond motifs is 1. The first kappa shape index (κ1) is 29.0. The van der Waals surface area contributed by atoms with Crippen LogP contribution in [0.5, 0.6) is 0 Å². The van der Waals surface area contributed by atoms with Crippen molar-refractivity contribution in [1.82, 2.24) is 4.90 Å². The lowest BCUT2D eigenvalue weighted by Crippen LogP contribution is -2.15. The van der Waals surface area contributed by atoms with Crippen molar-refractivity contribution in [3.05, 3.63) is 50.8 Å². The standard InChI is InChI=1S/C16H15NOS.C5H12O.C4H11NO/c1-11(5-13(9-17)10-18)6-15-8-16-14(3-4-19-16)7-12(15)2;1-5(2,3)6-4;1-5(2)3-4-6/h3-6,8,10,12H,7H2,1-2H3;1-4H3;6H,3-4H2,1-2H3/b11-6+,13-5+;;. The minimum Gasteiger partial charge on any atom is -0.395 e. The zero-order valence-electron chi connectivity index (χ0n) is 20.2. The molecule has 0 aromatic carbocycles. The van der Waals surface area contributed by atoms with Crippen LogP contribution in [0.1, 0.15) is 45.1 Å². The number of rotatable bonds is 5. The van der Waals surface area contributed by atoms with Crippen molar-refractivity contribution in [3.63, 3.8) is 0 Å². The number of hydrogen-bond donors (Lipinski definition) is 1. The summed E-state index contributed by atoms with van der Waals surface area (Å²) in [6.07, 6.45) is 7.54. The van der Waals surface area contributed by atoms with Gasteiger partial charge in [0.1, 0.15) is 6.07 Å². The number of likely N-dealkylation sites (N-methyl/N-ethyl adjacent to an activating group) is 1. The van der Waals surface area contributed by atoms with Crippen molar-refractivity contribution in [2.75, 3.05) is 34.4 Å². The normalized spacial score (nSPS) is 16.2. The minimum atomic E-state index is 0.0417. The quantitative estimate of drug-likeness (QED) is 0.302. The molecule has 1 atom stereocenters. The third-order valence-corrected chi connectivity index (χ3v) is 5.27. The lowest BCUT2D eigenvalue weighted by Gasteiger charge is -2.18. The van der Waals surface area contributed by atoms with E-state index in [1.807, 2.05) is 52.8 Å². The fourth-order valence-corrected chi connectivity index (χ4v) is 3.30. The summed E-state index contributed by atoms with van der Waals surface area (Å²) in [6, 6.07) is 4.06. The minimum absolute atomic E-state index is 0.0417. The highest BCUT2D eigenvalue weighted by Crippen LogP contribution is 2.32. The van der Waals surface area contributed by atoms with Crippen molar-refractivity contribution >= 4 is 23.7 Å². The fraction of sp³-hybridized carbons (Fsp3) is 0.520. The maximum absolute atomic E-state index is 10.6. The van der Waals surface area contributed by atoms with Crippen molar-refractivity contribution in [3.8, 4) is 6.07 Å². The number of carbonyl (C=O) groups is 1. The predicted octanol–water partition coefficient (Wildman–Crippen LogP) is 4.89. The Balaban J connectivity index is 0.000000620. The van der Waals surface area contributed by atoms with Gasteiger partial charge in [-0.25, -0.2) is 0 Å². The maximum Gasteiger partial charge on any atom is 0.160 e. The van der Waals surface area contributed by atoms with Crippen LogP contribution >= 0.6 is 11.3 Å². The lowest BCUT2D eigenvalue weighted by molar-refractivity contribution is -0.104. The molecule has 1 aromatic heterocycles. The second-order valence-corrected chi connectivity index (χ2v) is 9.57. The Morgan fingerprint density at radius 3 is 2.45 bits per heavy atom. The van der Waals surface area contributed by atoms with Crippen LogP contribution in [0.4, 0.5) is 0 Å². The molecule has 2 rings (SSSR count). The summed E-state index contributed by atoms with van der Waals surface area (Å²) in [5, 5.41) is 19.1. The first-order chi connectivity index (χ1) is 14.5. The van der Waals surface area contributed by atoms with Gasteiger partial charge in [0.2, 0.25) is 0 Å². The number of aliphatic hydroxyl groups excluding tert-OH is 1. The molecule has 1 N–H and O–H groups in total. The SMILES string of the molecule is CC(/C=C(\C#N)C=O)=C\C1=Cc2sccc2CC1C.CN(C)CCO.COC(C)(C)C. The van der Waals surface area contributed by atoms with Crippen LogP contribution in [-0.2, 0) is 16.0 Å². The zero-order valence-corrected chi connectivity index (χ0v) is 21.0. The number of carbonyl (C=O) groups excluding carboxylic acids is 1. The van der Waals surface area contributed by atoms with Crippen LogP contribution in [0.3, 0.4) is 0 Å². The van der Waals surface area contributed by atoms with Crippen LogP contribution in [0.2, 0.25) is 0 Å². The van der Waals surface area contributed by atoms with Gasteiger partial charge in [0.25, 0.3) is 0 Å². The highest BCUT2D eigenvalue weighted by molar-refractivity contribution is 7.11. The van der Waals surface area contributed by atoms with E-state index in [9.17, 15) is 4.79 Å². The molecule has 0 fully saturated rings. The number of hydrogen-bond acceptors (Lipinski definition) is 6. The van der Waals surface area contributed by atoms with Crippen molar-refractivity contribution in [1.29, 1.82) is 5.26 Å². The van der Waals surface area contributed by atoms with Gasteiger partial charge in [-0.2, -0.15) is 5.26 Å². The summed E-state index contributed by atoms with van der Waals surface area (Å²) in [6.45, 7) is 11.2. The van der Waals surface area contributed by atoms with E-state index in [-0.39, 0.29) is 17.8 Å². The smallest absolute Gasteiger partial charge is 0.160 e. The largest absolute Gasteiger partial charge is 0.395 e. The van der Waals surface area contributed by atoms with Gasteiger partial charge in [-0.05, 0) is 94.4 Å². The molecule has 0 saturated heterocycles. The van der Waals surface area contributed by atoms with Gasteiger partial charge in [0, 0.05) is 18.5 Å². The van der Waals surface area contributed by atoms with Crippen LogP contribution in [0.25, 0.3) is 6.08 Å². The molecule has 1 unspecified atom stereocenters. The number of allylic oxidation sites excluding steroid dienone is 5. The number of aldehydes is 1. The molecule has 0 radical (unpaired) electrons. The summed E-state index contributed by atoms with van der Waals surface area (Å²) >= 11 is 1.75. The van der Waals surface area contributed by atoms with Gasteiger partial charge in [0.05, 0.1) is 17.8 Å². The Morgan fingerprint density at radius 1 is 1.42 bits per heavy atom. The molecule has 0 amide bonds. The monoisotopic (exact) mass is 446 g/mol. The zero-order chi connectivity index (χ0) is 24.0. The van der Waals surface area contributed by atoms with Crippen LogP contribution in [0, 0.1) is 17.2 Å². The van der Waals surface area contributed by atoms with Crippen molar-refractivity contribution in [2.45, 2.75) is 46.6 Å². The van der Waals surface area contributed by atoms with Crippen LogP contribution in [-0.4, -0.2) is 56.3 Å². The summed E-state index contributed by atoms with van der Waals surface area (Å²) in [7, 11) is 5.56. The molecule has 1 aliphatic carbocycles. The molecule has 31 heavy (non-hydrogen) atoms. The molecule has 0 spiro atoms. The van der Waals surface area contributed by atoms with Crippen molar-refractivity contribution < 1.29 is 14.6 Å². The Kier molecular flexibility index (Phi) is 13.9. The van der Waals surface area contributed by atoms with E-state index < -0.39 is 0 Å².